The Hall–Kier alpha value is -1.28. The van der Waals surface area contributed by atoms with E-state index >= 15 is 0 Å². The summed E-state index contributed by atoms with van der Waals surface area (Å²) in [5.74, 6) is 0.485. The molecule has 1 N–H and O–H groups in total. The van der Waals surface area contributed by atoms with Gasteiger partial charge in [0.05, 0.1) is 11.1 Å². The summed E-state index contributed by atoms with van der Waals surface area (Å²) in [5, 5.41) is 1.65. The van der Waals surface area contributed by atoms with Crippen molar-refractivity contribution < 1.29 is 4.55 Å². The Balaban J connectivity index is 1.29. The van der Waals surface area contributed by atoms with Crippen LogP contribution in [-0.2, 0) is 17.8 Å². The van der Waals surface area contributed by atoms with Gasteiger partial charge in [-0.25, -0.2) is 9.97 Å². The van der Waals surface area contributed by atoms with Crippen molar-refractivity contribution in [1.82, 2.24) is 14.7 Å². The molecule has 2 heterocycles. The number of benzene rings is 1. The average Bonchev–Trinajstić information content (AvgIpc) is 3.15. The maximum atomic E-state index is 13.1. The minimum Gasteiger partial charge on any atom is -0.598 e. The number of rotatable bonds is 5. The number of hydrogen-bond donors (Lipinski definition) is 1. The molecule has 0 aliphatic heterocycles. The molecular weight excluding hydrogens is 529 g/mol. The van der Waals surface area contributed by atoms with Gasteiger partial charge in [-0.1, -0.05) is 65.3 Å². The van der Waals surface area contributed by atoms with Crippen LogP contribution in [0.2, 0.25) is 10.2 Å². The molecule has 2 atom stereocenters. The molecule has 4 nitrogen and oxygen atoms in total. The molecule has 1 fully saturated rings. The molecule has 3 aromatic rings. The van der Waals surface area contributed by atoms with Crippen LogP contribution in [0.25, 0.3) is 0 Å². The van der Waals surface area contributed by atoms with Gasteiger partial charge in [0.1, 0.15) is 14.9 Å². The molecule has 0 radical (unpaired) electrons. The third-order valence-corrected chi connectivity index (χ3v) is 11.0. The van der Waals surface area contributed by atoms with E-state index in [1.165, 1.54) is 28.5 Å². The maximum Gasteiger partial charge on any atom is 0.148 e. The molecule has 0 unspecified atom stereocenters. The normalized spacial score (nSPS) is 24.6. The predicted molar refractivity (Wildman–Crippen MR) is 150 cm³/mol. The zero-order valence-corrected chi connectivity index (χ0v) is 23.9. The van der Waals surface area contributed by atoms with Gasteiger partial charge in [-0.3, -0.25) is 0 Å². The van der Waals surface area contributed by atoms with Crippen LogP contribution in [0.1, 0.15) is 75.1 Å². The second-order valence-corrected chi connectivity index (χ2v) is 14.7. The molecule has 0 bridgehead atoms. The van der Waals surface area contributed by atoms with E-state index in [-0.39, 0.29) is 16.2 Å². The average molecular weight is 561 g/mol. The first kappa shape index (κ1) is 26.3. The highest BCUT2D eigenvalue weighted by atomic mass is 35.5. The molecule has 36 heavy (non-hydrogen) atoms. The molecule has 0 amide bonds. The van der Waals surface area contributed by atoms with Crippen molar-refractivity contribution in [3.63, 3.8) is 0 Å². The van der Waals surface area contributed by atoms with Crippen LogP contribution in [0, 0.1) is 5.41 Å². The van der Waals surface area contributed by atoms with Crippen LogP contribution in [0.3, 0.4) is 0 Å². The lowest BCUT2D eigenvalue weighted by molar-refractivity contribution is 0.140. The van der Waals surface area contributed by atoms with Crippen LogP contribution < -0.4 is 4.72 Å². The zero-order chi connectivity index (χ0) is 25.5. The predicted octanol–water partition coefficient (Wildman–Crippen LogP) is 7.93. The lowest BCUT2D eigenvalue weighted by atomic mass is 9.66. The molecule has 2 aromatic heterocycles. The van der Waals surface area contributed by atoms with E-state index in [1.54, 1.807) is 6.20 Å². The van der Waals surface area contributed by atoms with E-state index in [0.29, 0.717) is 16.1 Å². The highest BCUT2D eigenvalue weighted by Gasteiger charge is 2.50. The van der Waals surface area contributed by atoms with Crippen molar-refractivity contribution in [3.05, 3.63) is 81.7 Å². The Bertz CT molecular complexity index is 1220. The zero-order valence-electron chi connectivity index (χ0n) is 20.8. The highest BCUT2D eigenvalue weighted by molar-refractivity contribution is 7.99. The van der Waals surface area contributed by atoms with Gasteiger partial charge in [0, 0.05) is 28.7 Å². The van der Waals surface area contributed by atoms with Gasteiger partial charge < -0.3 is 4.55 Å². The van der Waals surface area contributed by atoms with E-state index in [0.717, 1.165) is 42.0 Å². The van der Waals surface area contributed by atoms with Gasteiger partial charge in [0.25, 0.3) is 0 Å². The van der Waals surface area contributed by atoms with E-state index in [2.05, 4.69) is 46.1 Å². The molecule has 5 rings (SSSR count). The summed E-state index contributed by atoms with van der Waals surface area (Å²) in [4.78, 5) is 9.57. The van der Waals surface area contributed by atoms with Gasteiger partial charge in [0.2, 0.25) is 0 Å². The summed E-state index contributed by atoms with van der Waals surface area (Å²) >= 11 is 12.7. The van der Waals surface area contributed by atoms with Crippen molar-refractivity contribution in [1.29, 1.82) is 0 Å². The van der Waals surface area contributed by atoms with Crippen LogP contribution >= 0.6 is 35.0 Å². The molecule has 2 aliphatic carbocycles. The fourth-order valence-corrected chi connectivity index (χ4v) is 7.71. The van der Waals surface area contributed by atoms with Crippen molar-refractivity contribution in [2.24, 2.45) is 5.41 Å². The fraction of sp³-hybridized carbons (Fsp3) is 0.429. The standard InChI is InChI=1S/C28H31Cl2N3OS2/c1-27(2,3)36(34)33-25-21-7-5-4-6-19(21)16-28(25)13-10-18(11-14-28)20-8-9-23(32-17-20)35-22-12-15-31-26(30)24(22)29/h4-9,12,15,17-18,25,33H,10-11,13-14,16H2,1-3H3/t18-,25-,28+,36-/m1/s1. The Labute approximate surface area is 231 Å². The fourth-order valence-electron chi connectivity index (χ4n) is 5.54. The maximum absolute atomic E-state index is 13.1. The van der Waals surface area contributed by atoms with Crippen molar-refractivity contribution in [2.75, 3.05) is 0 Å². The first-order valence-corrected chi connectivity index (χ1v) is 15.1. The van der Waals surface area contributed by atoms with E-state index in [1.807, 2.05) is 33.0 Å². The lowest BCUT2D eigenvalue weighted by Gasteiger charge is -2.42. The number of nitrogens with zero attached hydrogens (tertiary/aromatic N) is 2. The summed E-state index contributed by atoms with van der Waals surface area (Å²) in [6, 6.07) is 14.9. The van der Waals surface area contributed by atoms with Gasteiger partial charge in [-0.2, -0.15) is 0 Å². The molecule has 0 saturated heterocycles. The molecule has 1 aromatic carbocycles. The van der Waals surface area contributed by atoms with Crippen LogP contribution in [0.5, 0.6) is 0 Å². The number of nitrogens with one attached hydrogen (secondary N) is 1. The minimum atomic E-state index is -1.11. The van der Waals surface area contributed by atoms with Crippen LogP contribution in [0.15, 0.2) is 64.8 Å². The highest BCUT2D eigenvalue weighted by Crippen LogP contribution is 2.56. The second kappa shape index (κ2) is 10.5. The summed E-state index contributed by atoms with van der Waals surface area (Å²) in [5.41, 5.74) is 4.12. The van der Waals surface area contributed by atoms with Crippen molar-refractivity contribution in [3.8, 4) is 0 Å². The van der Waals surface area contributed by atoms with Crippen molar-refractivity contribution in [2.45, 2.75) is 79.5 Å². The Morgan fingerprint density at radius 3 is 2.50 bits per heavy atom. The number of halogens is 2. The number of aromatic nitrogens is 2. The molecular formula is C28H31Cl2N3OS2. The SMILES string of the molecule is CC(C)(C)[S@@+]([O-])N[C@@H]1c2ccccc2C[C@]12CC[C@H](c1ccc(Sc3ccnc(Cl)c3Cl)nc1)CC2. The molecule has 8 heteroatoms. The van der Waals surface area contributed by atoms with Gasteiger partial charge in [-0.05, 0) is 93.0 Å². The third kappa shape index (κ3) is 5.31. The van der Waals surface area contributed by atoms with E-state index < -0.39 is 11.4 Å². The van der Waals surface area contributed by atoms with E-state index in [4.69, 9.17) is 28.2 Å². The topological polar surface area (TPSA) is 60.9 Å². The third-order valence-electron chi connectivity index (χ3n) is 7.54. The molecule has 1 saturated carbocycles. The number of fused-ring (bicyclic) bond motifs is 1. The van der Waals surface area contributed by atoms with Crippen LogP contribution in [-0.4, -0.2) is 19.3 Å². The first-order valence-electron chi connectivity index (χ1n) is 12.4. The summed E-state index contributed by atoms with van der Waals surface area (Å²) in [6.07, 6.45) is 9.14. The summed E-state index contributed by atoms with van der Waals surface area (Å²) in [7, 11) is 0. The monoisotopic (exact) mass is 559 g/mol. The molecule has 2 aliphatic rings. The summed E-state index contributed by atoms with van der Waals surface area (Å²) in [6.45, 7) is 6.10. The molecule has 190 valence electrons. The summed E-state index contributed by atoms with van der Waals surface area (Å²) < 4.78 is 16.4. The minimum absolute atomic E-state index is 0.113. The number of pyridine rings is 2. The van der Waals surface area contributed by atoms with Gasteiger partial charge >= 0.3 is 0 Å². The molecule has 1 spiro atoms. The lowest BCUT2D eigenvalue weighted by Crippen LogP contribution is -2.46. The van der Waals surface area contributed by atoms with Crippen molar-refractivity contribution >= 4 is 46.3 Å². The van der Waals surface area contributed by atoms with Crippen LogP contribution in [0.4, 0.5) is 0 Å². The van der Waals surface area contributed by atoms with E-state index in [9.17, 15) is 4.55 Å². The van der Waals surface area contributed by atoms with Gasteiger partial charge in [0.15, 0.2) is 0 Å². The second-order valence-electron chi connectivity index (χ2n) is 10.9. The first-order chi connectivity index (χ1) is 17.2. The Kier molecular flexibility index (Phi) is 7.66. The largest absolute Gasteiger partial charge is 0.598 e. The number of hydrogen-bond acceptors (Lipinski definition) is 5. The van der Waals surface area contributed by atoms with Gasteiger partial charge in [-0.15, -0.1) is 4.72 Å². The quantitative estimate of drug-likeness (QED) is 0.254. The smallest absolute Gasteiger partial charge is 0.148 e. The Morgan fingerprint density at radius 1 is 1.06 bits per heavy atom. The Morgan fingerprint density at radius 2 is 1.81 bits per heavy atom.